The largest absolute Gasteiger partial charge is 0.451 e. The van der Waals surface area contributed by atoms with E-state index in [2.05, 4.69) is 44.6 Å². The topological polar surface area (TPSA) is 137 Å². The summed E-state index contributed by atoms with van der Waals surface area (Å²) in [5.41, 5.74) is 12.8. The number of nitrogens with one attached hydrogen (secondary N) is 2. The van der Waals surface area contributed by atoms with Crippen LogP contribution in [-0.2, 0) is 25.5 Å². The number of carbonyl (C=O) groups excluding carboxylic acids is 3. The third kappa shape index (κ3) is 26.5. The molecule has 8 nitrogen and oxygen atoms in total. The molecule has 3 atom stereocenters. The Labute approximate surface area is 313 Å². The van der Waals surface area contributed by atoms with Crippen LogP contribution in [-0.4, -0.2) is 56.5 Å². The fourth-order valence-electron chi connectivity index (χ4n) is 5.71. The number of rotatable bonds is 29. The molecule has 0 aliphatic heterocycles. The summed E-state index contributed by atoms with van der Waals surface area (Å²) >= 11 is 0. The fourth-order valence-corrected chi connectivity index (χ4v) is 5.71. The molecule has 0 radical (unpaired) electrons. The van der Waals surface area contributed by atoms with E-state index in [1.165, 1.54) is 64.2 Å². The molecule has 0 aliphatic rings. The molecule has 1 aromatic rings. The average Bonchev–Trinajstić information content (AvgIpc) is 3.08. The lowest BCUT2D eigenvalue weighted by molar-refractivity contribution is -0.157. The van der Waals surface area contributed by atoms with Crippen LogP contribution in [0.1, 0.15) is 129 Å². The van der Waals surface area contributed by atoms with Crippen LogP contribution in [0.5, 0.6) is 0 Å². The SMILES string of the molecule is C=C(F)/C=C(/CC(N)CC=O)C(=C)F.CCCCCCCCCCCCCCCC(=O)OC(C(=O)NCC(C)(C)CNC)C(N)Cc1ccccc1. The number of aldehydes is 1. The van der Waals surface area contributed by atoms with Gasteiger partial charge in [-0.25, -0.2) is 8.78 Å². The third-order valence-corrected chi connectivity index (χ3v) is 8.66. The summed E-state index contributed by atoms with van der Waals surface area (Å²) in [5, 5.41) is 6.11. The van der Waals surface area contributed by atoms with Crippen LogP contribution >= 0.6 is 0 Å². The van der Waals surface area contributed by atoms with Gasteiger partial charge in [0.25, 0.3) is 5.91 Å². The maximum atomic E-state index is 13.1. The van der Waals surface area contributed by atoms with Gasteiger partial charge in [-0.15, -0.1) is 0 Å². The molecule has 0 aromatic heterocycles. The van der Waals surface area contributed by atoms with E-state index in [-0.39, 0.29) is 35.7 Å². The number of halogens is 2. The summed E-state index contributed by atoms with van der Waals surface area (Å²) in [7, 11) is 1.89. The van der Waals surface area contributed by atoms with E-state index >= 15 is 0 Å². The summed E-state index contributed by atoms with van der Waals surface area (Å²) in [6.07, 6.45) is 17.8. The van der Waals surface area contributed by atoms with Gasteiger partial charge in [0.15, 0.2) is 6.10 Å². The molecule has 0 saturated carbocycles. The summed E-state index contributed by atoms with van der Waals surface area (Å²) in [5.74, 6) is -2.19. The van der Waals surface area contributed by atoms with E-state index in [0.29, 0.717) is 25.7 Å². The van der Waals surface area contributed by atoms with Gasteiger partial charge in [0.2, 0.25) is 0 Å². The van der Waals surface area contributed by atoms with Crippen LogP contribution < -0.4 is 22.1 Å². The molecule has 0 fully saturated rings. The van der Waals surface area contributed by atoms with Crippen LogP contribution in [0.25, 0.3) is 0 Å². The lowest BCUT2D eigenvalue weighted by atomic mass is 9.93. The zero-order valence-corrected chi connectivity index (χ0v) is 32.7. The molecule has 1 rings (SSSR count). The molecule has 0 aliphatic carbocycles. The Kier molecular flexibility index (Phi) is 28.4. The van der Waals surface area contributed by atoms with Crippen LogP contribution in [0.2, 0.25) is 0 Å². The van der Waals surface area contributed by atoms with Gasteiger partial charge in [-0.2, -0.15) is 0 Å². The molecule has 296 valence electrons. The first-order valence-corrected chi connectivity index (χ1v) is 19.3. The van der Waals surface area contributed by atoms with Crippen molar-refractivity contribution < 1.29 is 27.9 Å². The molecule has 52 heavy (non-hydrogen) atoms. The zero-order valence-electron chi connectivity index (χ0n) is 32.7. The number of amides is 1. The van der Waals surface area contributed by atoms with Crippen LogP contribution in [0.4, 0.5) is 8.78 Å². The Hall–Kier alpha value is -3.21. The highest BCUT2D eigenvalue weighted by molar-refractivity contribution is 5.84. The smallest absolute Gasteiger partial charge is 0.306 e. The predicted octanol–water partition coefficient (Wildman–Crippen LogP) is 8.50. The van der Waals surface area contributed by atoms with Crippen molar-refractivity contribution in [3.8, 4) is 0 Å². The summed E-state index contributed by atoms with van der Waals surface area (Å²) < 4.78 is 30.8. The Morgan fingerprint density at radius 2 is 1.42 bits per heavy atom. The molecule has 1 amide bonds. The Balaban J connectivity index is 0.00000156. The number of nitrogens with two attached hydrogens (primary N) is 2. The van der Waals surface area contributed by atoms with Crippen LogP contribution in [0, 0.1) is 5.41 Å². The van der Waals surface area contributed by atoms with Gasteiger partial charge in [-0.1, -0.05) is 141 Å². The van der Waals surface area contributed by atoms with E-state index in [4.69, 9.17) is 16.2 Å². The second-order valence-corrected chi connectivity index (χ2v) is 14.6. The first kappa shape index (κ1) is 48.8. The number of hydrogen-bond acceptors (Lipinski definition) is 7. The van der Waals surface area contributed by atoms with Gasteiger partial charge in [-0.3, -0.25) is 9.59 Å². The van der Waals surface area contributed by atoms with E-state index in [9.17, 15) is 23.2 Å². The van der Waals surface area contributed by atoms with Crippen molar-refractivity contribution in [1.29, 1.82) is 0 Å². The van der Waals surface area contributed by atoms with Gasteiger partial charge in [-0.05, 0) is 48.9 Å². The minimum atomic E-state index is -1.00. The molecule has 0 spiro atoms. The molecule has 0 heterocycles. The van der Waals surface area contributed by atoms with Gasteiger partial charge >= 0.3 is 5.97 Å². The Bertz CT molecular complexity index is 1180. The van der Waals surface area contributed by atoms with E-state index in [0.717, 1.165) is 37.4 Å². The highest BCUT2D eigenvalue weighted by atomic mass is 19.1. The first-order valence-electron chi connectivity index (χ1n) is 19.3. The van der Waals surface area contributed by atoms with Crippen LogP contribution in [0.15, 0.2) is 66.8 Å². The molecule has 6 N–H and O–H groups in total. The van der Waals surface area contributed by atoms with E-state index in [1.54, 1.807) is 0 Å². The molecule has 0 bridgehead atoms. The standard InChI is InChI=1S/C32H57N3O3.C10H13F2NO/c1-5-6-7-8-9-10-11-12-13-14-15-16-20-23-29(36)38-30(28(33)24-27-21-18-17-19-22-27)31(37)35-26-32(2,3)25-34-4;1-7(11)5-9(8(2)12)6-10(13)3-4-14/h17-19,21-22,28,30,34H,5-16,20,23-26,33H2,1-4H3,(H,35,37);4-5,10H,1-3,6,13H2/b;9-5-. The quantitative estimate of drug-likeness (QED) is 0.0281. The number of esters is 1. The molecular weight excluding hydrogens is 662 g/mol. The van der Waals surface area contributed by atoms with Gasteiger partial charge < -0.3 is 31.6 Å². The number of unbranched alkanes of at least 4 members (excludes halogenated alkanes) is 12. The predicted molar refractivity (Wildman–Crippen MR) is 211 cm³/mol. The van der Waals surface area contributed by atoms with Crippen LogP contribution in [0.3, 0.4) is 0 Å². The highest BCUT2D eigenvalue weighted by Gasteiger charge is 2.31. The Morgan fingerprint density at radius 1 is 0.885 bits per heavy atom. The van der Waals surface area contributed by atoms with Gasteiger partial charge in [0.1, 0.15) is 17.9 Å². The second kappa shape index (κ2) is 30.3. The minimum Gasteiger partial charge on any atom is -0.451 e. The van der Waals surface area contributed by atoms with Crippen molar-refractivity contribution >= 4 is 18.2 Å². The average molecular weight is 733 g/mol. The second-order valence-electron chi connectivity index (χ2n) is 14.6. The van der Waals surface area contributed by atoms with Crippen molar-refractivity contribution in [2.24, 2.45) is 16.9 Å². The molecule has 3 unspecified atom stereocenters. The zero-order chi connectivity index (χ0) is 39.2. The molecule has 10 heteroatoms. The summed E-state index contributed by atoms with van der Waals surface area (Å²) in [4.78, 5) is 35.8. The van der Waals surface area contributed by atoms with Crippen molar-refractivity contribution in [2.45, 2.75) is 148 Å². The minimum absolute atomic E-state index is 0.0341. The first-order chi connectivity index (χ1) is 24.8. The van der Waals surface area contributed by atoms with E-state index in [1.807, 2.05) is 37.4 Å². The summed E-state index contributed by atoms with van der Waals surface area (Å²) in [6, 6.07) is 8.64. The van der Waals surface area contributed by atoms with Crippen molar-refractivity contribution in [1.82, 2.24) is 10.6 Å². The maximum absolute atomic E-state index is 13.1. The van der Waals surface area contributed by atoms with Crippen molar-refractivity contribution in [2.75, 3.05) is 20.1 Å². The number of carbonyl (C=O) groups is 3. The van der Waals surface area contributed by atoms with Gasteiger partial charge in [0, 0.05) is 32.0 Å². The van der Waals surface area contributed by atoms with Crippen molar-refractivity contribution in [3.05, 3.63) is 72.4 Å². The number of allylic oxidation sites excluding steroid dienone is 3. The van der Waals surface area contributed by atoms with E-state index < -0.39 is 29.8 Å². The number of hydrogen-bond donors (Lipinski definition) is 4. The molecule has 0 saturated heterocycles. The highest BCUT2D eigenvalue weighted by Crippen LogP contribution is 2.19. The lowest BCUT2D eigenvalue weighted by Gasteiger charge is -2.28. The fraction of sp³-hybridized carbons (Fsp3) is 0.643. The molecule has 1 aromatic carbocycles. The van der Waals surface area contributed by atoms with Gasteiger partial charge in [0.05, 0.1) is 6.04 Å². The number of benzene rings is 1. The monoisotopic (exact) mass is 733 g/mol. The Morgan fingerprint density at radius 3 is 1.90 bits per heavy atom. The normalized spacial score (nSPS) is 13.3. The third-order valence-electron chi connectivity index (χ3n) is 8.66. The lowest BCUT2D eigenvalue weighted by Crippen LogP contribution is -2.52. The summed E-state index contributed by atoms with van der Waals surface area (Å²) in [6.45, 7) is 13.6. The number of ether oxygens (including phenoxy) is 1. The maximum Gasteiger partial charge on any atom is 0.306 e. The van der Waals surface area contributed by atoms with Crippen molar-refractivity contribution in [3.63, 3.8) is 0 Å². The molecular formula is C42H70F2N4O4.